The average molecular weight is 287 g/mol. The van der Waals surface area contributed by atoms with Gasteiger partial charge in [-0.3, -0.25) is 4.90 Å². The zero-order chi connectivity index (χ0) is 14.8. The summed E-state index contributed by atoms with van der Waals surface area (Å²) in [6.07, 6.45) is 7.01. The fraction of sp³-hybridized carbons (Fsp3) is 0.611. The zero-order valence-electron chi connectivity index (χ0n) is 12.8. The summed E-state index contributed by atoms with van der Waals surface area (Å²) in [5.41, 5.74) is 2.76. The van der Waals surface area contributed by atoms with Crippen LogP contribution in [0.2, 0.25) is 0 Å². The van der Waals surface area contributed by atoms with Gasteiger partial charge in [-0.2, -0.15) is 0 Å². The summed E-state index contributed by atoms with van der Waals surface area (Å²) in [6, 6.07) is 5.52. The van der Waals surface area contributed by atoms with Crippen molar-refractivity contribution in [2.75, 3.05) is 13.1 Å². The number of aryl methyl sites for hydroxylation is 1. The maximum Gasteiger partial charge on any atom is 0.335 e. The lowest BCUT2D eigenvalue weighted by Gasteiger charge is -2.41. The monoisotopic (exact) mass is 287 g/mol. The van der Waals surface area contributed by atoms with Crippen LogP contribution in [-0.4, -0.2) is 29.1 Å². The highest BCUT2D eigenvalue weighted by atomic mass is 16.4. The van der Waals surface area contributed by atoms with Gasteiger partial charge >= 0.3 is 5.97 Å². The second-order valence-corrected chi connectivity index (χ2v) is 6.77. The van der Waals surface area contributed by atoms with Gasteiger partial charge in [0.15, 0.2) is 0 Å². The van der Waals surface area contributed by atoms with Gasteiger partial charge < -0.3 is 5.11 Å². The van der Waals surface area contributed by atoms with Gasteiger partial charge in [0.25, 0.3) is 0 Å². The second-order valence-electron chi connectivity index (χ2n) is 6.77. The van der Waals surface area contributed by atoms with Crippen molar-refractivity contribution < 1.29 is 9.90 Å². The number of aromatic carboxylic acids is 1. The number of carbonyl (C=O) groups is 1. The summed E-state index contributed by atoms with van der Waals surface area (Å²) in [7, 11) is 0. The number of rotatable bonds is 3. The first-order valence-corrected chi connectivity index (χ1v) is 8.18. The van der Waals surface area contributed by atoms with E-state index in [0.29, 0.717) is 5.56 Å². The first kappa shape index (κ1) is 14.6. The molecule has 21 heavy (non-hydrogen) atoms. The quantitative estimate of drug-likeness (QED) is 0.921. The Kier molecular flexibility index (Phi) is 4.29. The van der Waals surface area contributed by atoms with Crippen molar-refractivity contribution in [2.45, 2.75) is 45.6 Å². The lowest BCUT2D eigenvalue weighted by molar-refractivity contribution is 0.0696. The van der Waals surface area contributed by atoms with Crippen molar-refractivity contribution in [3.63, 3.8) is 0 Å². The van der Waals surface area contributed by atoms with E-state index in [1.54, 1.807) is 12.1 Å². The lowest BCUT2D eigenvalue weighted by atomic mass is 9.75. The molecule has 1 aromatic carbocycles. The third kappa shape index (κ3) is 3.29. The first-order valence-electron chi connectivity index (χ1n) is 8.18. The summed E-state index contributed by atoms with van der Waals surface area (Å²) >= 11 is 0. The summed E-state index contributed by atoms with van der Waals surface area (Å²) in [4.78, 5) is 13.6. The third-order valence-corrected chi connectivity index (χ3v) is 5.36. The van der Waals surface area contributed by atoms with Gasteiger partial charge in [0.1, 0.15) is 0 Å². The van der Waals surface area contributed by atoms with Crippen LogP contribution < -0.4 is 0 Å². The van der Waals surface area contributed by atoms with Gasteiger partial charge in [-0.1, -0.05) is 25.3 Å². The Hall–Kier alpha value is -1.35. The fourth-order valence-corrected chi connectivity index (χ4v) is 4.07. The molecule has 1 saturated carbocycles. The molecule has 3 nitrogen and oxygen atoms in total. The molecule has 3 rings (SSSR count). The van der Waals surface area contributed by atoms with Crippen LogP contribution in [-0.2, 0) is 6.54 Å². The Morgan fingerprint density at radius 3 is 2.71 bits per heavy atom. The molecule has 1 N–H and O–H groups in total. The highest BCUT2D eigenvalue weighted by Crippen LogP contribution is 2.36. The molecular formula is C18H25NO2. The van der Waals surface area contributed by atoms with Crippen LogP contribution in [0.25, 0.3) is 0 Å². The van der Waals surface area contributed by atoms with E-state index in [4.69, 9.17) is 5.11 Å². The number of fused-ring (bicyclic) bond motifs is 1. The smallest absolute Gasteiger partial charge is 0.335 e. The fourth-order valence-electron chi connectivity index (χ4n) is 4.07. The summed E-state index contributed by atoms with van der Waals surface area (Å²) in [5, 5.41) is 9.04. The van der Waals surface area contributed by atoms with Crippen molar-refractivity contribution in [3.8, 4) is 0 Å². The molecule has 2 atom stereocenters. The van der Waals surface area contributed by atoms with Crippen molar-refractivity contribution >= 4 is 5.97 Å². The lowest BCUT2D eigenvalue weighted by Crippen LogP contribution is -2.41. The van der Waals surface area contributed by atoms with E-state index in [2.05, 4.69) is 4.90 Å². The summed E-state index contributed by atoms with van der Waals surface area (Å²) in [5.74, 6) is 1.02. The predicted molar refractivity (Wildman–Crippen MR) is 83.5 cm³/mol. The summed E-state index contributed by atoms with van der Waals surface area (Å²) in [6.45, 7) is 5.41. The molecule has 1 heterocycles. The minimum absolute atomic E-state index is 0.391. The van der Waals surface area contributed by atoms with Crippen LogP contribution in [0, 0.1) is 18.8 Å². The highest BCUT2D eigenvalue weighted by molar-refractivity contribution is 5.87. The Balaban J connectivity index is 1.65. The van der Waals surface area contributed by atoms with E-state index in [0.717, 1.165) is 23.9 Å². The standard InChI is InChI=1S/C18H25NO2/c1-13-10-15(18(20)21)6-7-16(13)11-19-9-8-14-4-2-3-5-17(14)12-19/h6-7,10,14,17H,2-5,8-9,11-12H2,1H3,(H,20,21). The number of benzene rings is 1. The van der Waals surface area contributed by atoms with E-state index < -0.39 is 5.97 Å². The first-order chi connectivity index (χ1) is 10.1. The number of likely N-dealkylation sites (tertiary alicyclic amines) is 1. The molecule has 2 fully saturated rings. The van der Waals surface area contributed by atoms with Crippen LogP contribution in [0.5, 0.6) is 0 Å². The predicted octanol–water partition coefficient (Wildman–Crippen LogP) is 3.71. The average Bonchev–Trinajstić information content (AvgIpc) is 2.49. The van der Waals surface area contributed by atoms with Crippen LogP contribution in [0.1, 0.15) is 53.6 Å². The maximum atomic E-state index is 11.0. The van der Waals surface area contributed by atoms with Crippen LogP contribution in [0.3, 0.4) is 0 Å². The van der Waals surface area contributed by atoms with Crippen LogP contribution >= 0.6 is 0 Å². The molecule has 3 heteroatoms. The Labute approximate surface area is 127 Å². The van der Waals surface area contributed by atoms with E-state index in [9.17, 15) is 4.79 Å². The molecule has 0 radical (unpaired) electrons. The number of hydrogen-bond donors (Lipinski definition) is 1. The van der Waals surface area contributed by atoms with E-state index in [1.165, 1.54) is 50.8 Å². The molecule has 114 valence electrons. The number of nitrogens with zero attached hydrogens (tertiary/aromatic N) is 1. The minimum Gasteiger partial charge on any atom is -0.478 e. The molecule has 1 aliphatic carbocycles. The molecule has 0 spiro atoms. The molecule has 0 bridgehead atoms. The van der Waals surface area contributed by atoms with E-state index in [-0.39, 0.29) is 0 Å². The van der Waals surface area contributed by atoms with E-state index in [1.807, 2.05) is 13.0 Å². The molecule has 1 aromatic rings. The SMILES string of the molecule is Cc1cc(C(=O)O)ccc1CN1CCC2CCCCC2C1. The minimum atomic E-state index is -0.840. The number of piperidine rings is 1. The maximum absolute atomic E-state index is 11.0. The number of carboxylic acid groups (broad SMARTS) is 1. The van der Waals surface area contributed by atoms with Crippen molar-refractivity contribution in [3.05, 3.63) is 34.9 Å². The molecule has 0 aromatic heterocycles. The number of hydrogen-bond acceptors (Lipinski definition) is 2. The molecule has 2 unspecified atom stereocenters. The van der Waals surface area contributed by atoms with Gasteiger partial charge in [0, 0.05) is 13.1 Å². The molecule has 1 saturated heterocycles. The largest absolute Gasteiger partial charge is 0.478 e. The molecular weight excluding hydrogens is 262 g/mol. The third-order valence-electron chi connectivity index (χ3n) is 5.36. The van der Waals surface area contributed by atoms with Gasteiger partial charge in [0.05, 0.1) is 5.56 Å². The topological polar surface area (TPSA) is 40.5 Å². The van der Waals surface area contributed by atoms with Gasteiger partial charge in [-0.25, -0.2) is 4.79 Å². The Morgan fingerprint density at radius 1 is 1.24 bits per heavy atom. The van der Waals surface area contributed by atoms with Crippen LogP contribution in [0.4, 0.5) is 0 Å². The Morgan fingerprint density at radius 2 is 2.00 bits per heavy atom. The molecule has 2 aliphatic rings. The summed E-state index contributed by atoms with van der Waals surface area (Å²) < 4.78 is 0. The van der Waals surface area contributed by atoms with Gasteiger partial charge in [-0.15, -0.1) is 0 Å². The van der Waals surface area contributed by atoms with Crippen molar-refractivity contribution in [1.29, 1.82) is 0 Å². The van der Waals surface area contributed by atoms with Crippen LogP contribution in [0.15, 0.2) is 18.2 Å². The Bertz CT molecular complexity index is 526. The number of carboxylic acids is 1. The van der Waals surface area contributed by atoms with Gasteiger partial charge in [0.2, 0.25) is 0 Å². The van der Waals surface area contributed by atoms with Crippen molar-refractivity contribution in [2.24, 2.45) is 11.8 Å². The molecule has 1 aliphatic heterocycles. The zero-order valence-corrected chi connectivity index (χ0v) is 12.8. The van der Waals surface area contributed by atoms with Gasteiger partial charge in [-0.05, 0) is 61.4 Å². The van der Waals surface area contributed by atoms with E-state index >= 15 is 0 Å². The highest BCUT2D eigenvalue weighted by Gasteiger charge is 2.30. The molecule has 0 amide bonds. The second kappa shape index (κ2) is 6.18. The normalized spacial score (nSPS) is 26.3. The van der Waals surface area contributed by atoms with Crippen molar-refractivity contribution in [1.82, 2.24) is 4.90 Å².